The minimum absolute atomic E-state index is 0.0509. The Balaban J connectivity index is 2.07. The predicted octanol–water partition coefficient (Wildman–Crippen LogP) is 3.27. The van der Waals surface area contributed by atoms with Gasteiger partial charge in [-0.2, -0.15) is 0 Å². The second-order valence-electron chi connectivity index (χ2n) is 5.85. The van der Waals surface area contributed by atoms with Gasteiger partial charge in [0.05, 0.1) is 5.69 Å². The Bertz CT molecular complexity index is 556. The molecule has 0 aliphatic rings. The molecule has 1 N–H and O–H groups in total. The van der Waals surface area contributed by atoms with E-state index in [9.17, 15) is 0 Å². The number of aromatic nitrogens is 1. The summed E-state index contributed by atoms with van der Waals surface area (Å²) >= 11 is 0. The molecule has 0 bridgehead atoms. The van der Waals surface area contributed by atoms with Crippen molar-refractivity contribution in [1.29, 1.82) is 0 Å². The highest BCUT2D eigenvalue weighted by Gasteiger charge is 2.18. The van der Waals surface area contributed by atoms with Gasteiger partial charge in [0.15, 0.2) is 5.76 Å². The lowest BCUT2D eigenvalue weighted by atomic mass is 9.86. The lowest BCUT2D eigenvalue weighted by molar-refractivity contribution is 0.244. The Morgan fingerprint density at radius 2 is 2.00 bits per heavy atom. The van der Waals surface area contributed by atoms with E-state index >= 15 is 0 Å². The van der Waals surface area contributed by atoms with Crippen LogP contribution in [0.2, 0.25) is 0 Å². The number of nitrogens with one attached hydrogen (secondary N) is 1. The highest BCUT2D eigenvalue weighted by Crippen LogP contribution is 2.31. The van der Waals surface area contributed by atoms with Crippen molar-refractivity contribution in [2.24, 2.45) is 0 Å². The molecule has 1 aromatic heterocycles. The molecular weight excluding hydrogens is 252 g/mol. The Labute approximate surface area is 120 Å². The second kappa shape index (κ2) is 6.09. The maximum atomic E-state index is 5.89. The van der Waals surface area contributed by atoms with Crippen molar-refractivity contribution >= 4 is 0 Å². The molecule has 2 rings (SSSR count). The van der Waals surface area contributed by atoms with Gasteiger partial charge in [0.1, 0.15) is 12.4 Å². The van der Waals surface area contributed by atoms with Crippen LogP contribution in [0.25, 0.3) is 0 Å². The predicted molar refractivity (Wildman–Crippen MR) is 78.7 cm³/mol. The summed E-state index contributed by atoms with van der Waals surface area (Å²) in [7, 11) is 1.88. The first-order valence-corrected chi connectivity index (χ1v) is 6.82. The SMILES string of the molecule is CNCc1cc(COc2ccccc2C(C)(C)C)on1. The number of hydrogen-bond acceptors (Lipinski definition) is 4. The molecule has 0 aliphatic carbocycles. The standard InChI is InChI=1S/C16H22N2O2/c1-16(2,3)14-7-5-6-8-15(14)19-11-13-9-12(10-17-4)18-20-13/h5-9,17H,10-11H2,1-4H3. The maximum absolute atomic E-state index is 5.89. The third-order valence-electron chi connectivity index (χ3n) is 3.03. The summed E-state index contributed by atoms with van der Waals surface area (Å²) in [6.07, 6.45) is 0. The van der Waals surface area contributed by atoms with Gasteiger partial charge in [-0.15, -0.1) is 0 Å². The molecule has 1 heterocycles. The number of rotatable bonds is 5. The van der Waals surface area contributed by atoms with Crippen molar-refractivity contribution in [3.8, 4) is 5.75 Å². The van der Waals surface area contributed by atoms with E-state index in [1.165, 1.54) is 5.56 Å². The molecule has 0 aliphatic heterocycles. The average molecular weight is 274 g/mol. The molecule has 0 saturated heterocycles. The molecule has 4 nitrogen and oxygen atoms in total. The van der Waals surface area contributed by atoms with E-state index in [0.717, 1.165) is 17.2 Å². The van der Waals surface area contributed by atoms with Crippen LogP contribution in [0.5, 0.6) is 5.75 Å². The van der Waals surface area contributed by atoms with Gasteiger partial charge in [-0.25, -0.2) is 0 Å². The van der Waals surface area contributed by atoms with Gasteiger partial charge in [0.2, 0.25) is 0 Å². The molecule has 0 amide bonds. The highest BCUT2D eigenvalue weighted by atomic mass is 16.5. The Hall–Kier alpha value is -1.81. The largest absolute Gasteiger partial charge is 0.485 e. The van der Waals surface area contributed by atoms with Crippen molar-refractivity contribution in [3.63, 3.8) is 0 Å². The minimum atomic E-state index is 0.0509. The van der Waals surface area contributed by atoms with Gasteiger partial charge in [-0.1, -0.05) is 44.1 Å². The fraction of sp³-hybridized carbons (Fsp3) is 0.438. The molecule has 0 radical (unpaired) electrons. The van der Waals surface area contributed by atoms with Gasteiger partial charge in [-0.05, 0) is 24.1 Å². The molecule has 0 fully saturated rings. The molecule has 0 unspecified atom stereocenters. The number of hydrogen-bond donors (Lipinski definition) is 1. The zero-order chi connectivity index (χ0) is 14.6. The topological polar surface area (TPSA) is 47.3 Å². The van der Waals surface area contributed by atoms with Crippen LogP contribution in [0.3, 0.4) is 0 Å². The maximum Gasteiger partial charge on any atom is 0.174 e. The fourth-order valence-corrected chi connectivity index (χ4v) is 2.05. The summed E-state index contributed by atoms with van der Waals surface area (Å²) < 4.78 is 11.1. The van der Waals surface area contributed by atoms with E-state index in [4.69, 9.17) is 9.26 Å². The van der Waals surface area contributed by atoms with Crippen molar-refractivity contribution in [1.82, 2.24) is 10.5 Å². The van der Waals surface area contributed by atoms with Crippen LogP contribution < -0.4 is 10.1 Å². The number of benzene rings is 1. The Kier molecular flexibility index (Phi) is 4.45. The lowest BCUT2D eigenvalue weighted by Crippen LogP contribution is -2.13. The van der Waals surface area contributed by atoms with Gasteiger partial charge in [0.25, 0.3) is 0 Å². The number of para-hydroxylation sites is 1. The van der Waals surface area contributed by atoms with E-state index in [0.29, 0.717) is 13.2 Å². The van der Waals surface area contributed by atoms with E-state index in [1.54, 1.807) is 0 Å². The van der Waals surface area contributed by atoms with Crippen LogP contribution >= 0.6 is 0 Å². The third-order valence-corrected chi connectivity index (χ3v) is 3.03. The fourth-order valence-electron chi connectivity index (χ4n) is 2.05. The molecule has 0 saturated carbocycles. The lowest BCUT2D eigenvalue weighted by Gasteiger charge is -2.22. The smallest absolute Gasteiger partial charge is 0.174 e. The van der Waals surface area contributed by atoms with Crippen LogP contribution in [-0.2, 0) is 18.6 Å². The monoisotopic (exact) mass is 274 g/mol. The Morgan fingerprint density at radius 3 is 2.70 bits per heavy atom. The zero-order valence-electron chi connectivity index (χ0n) is 12.6. The first kappa shape index (κ1) is 14.6. The molecular formula is C16H22N2O2. The van der Waals surface area contributed by atoms with E-state index in [2.05, 4.69) is 37.3 Å². The minimum Gasteiger partial charge on any atom is -0.485 e. The van der Waals surface area contributed by atoms with Crippen molar-refractivity contribution in [3.05, 3.63) is 47.3 Å². The molecule has 20 heavy (non-hydrogen) atoms. The Morgan fingerprint density at radius 1 is 1.25 bits per heavy atom. The summed E-state index contributed by atoms with van der Waals surface area (Å²) in [4.78, 5) is 0. The van der Waals surface area contributed by atoms with Crippen molar-refractivity contribution in [2.75, 3.05) is 7.05 Å². The molecule has 0 atom stereocenters. The first-order valence-electron chi connectivity index (χ1n) is 6.82. The van der Waals surface area contributed by atoms with Gasteiger partial charge in [0, 0.05) is 12.6 Å². The van der Waals surface area contributed by atoms with Crippen LogP contribution in [0.1, 0.15) is 37.8 Å². The number of ether oxygens (including phenoxy) is 1. The summed E-state index contributed by atoms with van der Waals surface area (Å²) in [5.41, 5.74) is 2.13. The summed E-state index contributed by atoms with van der Waals surface area (Å²) in [6.45, 7) is 7.61. The molecule has 108 valence electrons. The number of nitrogens with zero attached hydrogens (tertiary/aromatic N) is 1. The molecule has 1 aromatic carbocycles. The summed E-state index contributed by atoms with van der Waals surface area (Å²) in [6, 6.07) is 10.0. The van der Waals surface area contributed by atoms with Crippen LogP contribution in [0, 0.1) is 0 Å². The van der Waals surface area contributed by atoms with Crippen LogP contribution in [0.15, 0.2) is 34.9 Å². The third kappa shape index (κ3) is 3.61. The second-order valence-corrected chi connectivity index (χ2v) is 5.85. The van der Waals surface area contributed by atoms with E-state index < -0.39 is 0 Å². The first-order chi connectivity index (χ1) is 9.50. The van der Waals surface area contributed by atoms with Gasteiger partial charge in [-0.3, -0.25) is 0 Å². The molecule has 0 spiro atoms. The molecule has 4 heteroatoms. The van der Waals surface area contributed by atoms with E-state index in [-0.39, 0.29) is 5.41 Å². The summed E-state index contributed by atoms with van der Waals surface area (Å²) in [5, 5.41) is 7.01. The average Bonchev–Trinajstić information content (AvgIpc) is 2.84. The molecule has 2 aromatic rings. The van der Waals surface area contributed by atoms with Gasteiger partial charge < -0.3 is 14.6 Å². The van der Waals surface area contributed by atoms with Crippen LogP contribution in [0.4, 0.5) is 0 Å². The quantitative estimate of drug-likeness (QED) is 0.909. The van der Waals surface area contributed by atoms with Crippen molar-refractivity contribution < 1.29 is 9.26 Å². The van der Waals surface area contributed by atoms with Crippen LogP contribution in [-0.4, -0.2) is 12.2 Å². The highest BCUT2D eigenvalue weighted by molar-refractivity contribution is 5.38. The van der Waals surface area contributed by atoms with E-state index in [1.807, 2.05) is 31.3 Å². The zero-order valence-corrected chi connectivity index (χ0v) is 12.6. The summed E-state index contributed by atoms with van der Waals surface area (Å²) in [5.74, 6) is 1.63. The normalized spacial score (nSPS) is 11.6. The van der Waals surface area contributed by atoms with Gasteiger partial charge >= 0.3 is 0 Å². The van der Waals surface area contributed by atoms with Crippen molar-refractivity contribution in [2.45, 2.75) is 39.3 Å².